The van der Waals surface area contributed by atoms with Gasteiger partial charge in [0.05, 0.1) is 13.2 Å². The van der Waals surface area contributed by atoms with Crippen molar-refractivity contribution in [1.82, 2.24) is 14.8 Å². The number of hydrogen-bond donors (Lipinski definition) is 3. The third kappa shape index (κ3) is 3.93. The van der Waals surface area contributed by atoms with Crippen molar-refractivity contribution in [2.24, 2.45) is 0 Å². The minimum Gasteiger partial charge on any atom is -0.394 e. The second-order valence-corrected chi connectivity index (χ2v) is 4.91. The Morgan fingerprint density at radius 2 is 2.14 bits per heavy atom. The summed E-state index contributed by atoms with van der Waals surface area (Å²) in [5, 5.41) is 18.7. The number of rotatable bonds is 4. The van der Waals surface area contributed by atoms with Crippen LogP contribution in [0.25, 0.3) is 0 Å². The Morgan fingerprint density at radius 1 is 1.38 bits per heavy atom. The lowest BCUT2D eigenvalue weighted by Gasteiger charge is -2.08. The van der Waals surface area contributed by atoms with Crippen molar-refractivity contribution in [2.75, 3.05) is 17.2 Å². The smallest absolute Gasteiger partial charge is 0.324 e. The molecule has 0 aliphatic rings. The number of halogens is 1. The number of aromatic nitrogens is 3. The number of aliphatic hydroxyl groups excluding tert-OH is 1. The Labute approximate surface area is 126 Å². The van der Waals surface area contributed by atoms with Crippen LogP contribution in [0.1, 0.15) is 11.3 Å². The topological polar surface area (TPSA) is 92.1 Å². The molecule has 2 heterocycles. The van der Waals surface area contributed by atoms with Gasteiger partial charge in [0, 0.05) is 23.6 Å². The van der Waals surface area contributed by atoms with E-state index in [4.69, 9.17) is 16.7 Å². The summed E-state index contributed by atoms with van der Waals surface area (Å²) in [6.07, 6.45) is 1.58. The van der Waals surface area contributed by atoms with Crippen LogP contribution < -0.4 is 10.6 Å². The van der Waals surface area contributed by atoms with Crippen LogP contribution in [0.2, 0.25) is 5.15 Å². The van der Waals surface area contributed by atoms with Crippen LogP contribution in [0, 0.1) is 13.8 Å². The van der Waals surface area contributed by atoms with Crippen molar-refractivity contribution in [3.8, 4) is 0 Å². The van der Waals surface area contributed by atoms with E-state index < -0.39 is 6.03 Å². The zero-order valence-corrected chi connectivity index (χ0v) is 12.5. The molecule has 21 heavy (non-hydrogen) atoms. The van der Waals surface area contributed by atoms with Gasteiger partial charge in [-0.15, -0.1) is 0 Å². The summed E-state index contributed by atoms with van der Waals surface area (Å²) in [7, 11) is 0. The molecule has 0 aliphatic heterocycles. The first-order chi connectivity index (χ1) is 9.99. The van der Waals surface area contributed by atoms with Gasteiger partial charge in [-0.1, -0.05) is 11.6 Å². The van der Waals surface area contributed by atoms with Crippen LogP contribution in [0.4, 0.5) is 16.3 Å². The van der Waals surface area contributed by atoms with Crippen LogP contribution in [0.15, 0.2) is 18.3 Å². The molecular formula is C13H16ClN5O2. The number of hydrogen-bond acceptors (Lipinski definition) is 4. The minimum absolute atomic E-state index is 0.0110. The van der Waals surface area contributed by atoms with E-state index in [1.807, 2.05) is 13.8 Å². The molecule has 8 heteroatoms. The van der Waals surface area contributed by atoms with Gasteiger partial charge in [-0.05, 0) is 25.5 Å². The van der Waals surface area contributed by atoms with E-state index >= 15 is 0 Å². The van der Waals surface area contributed by atoms with E-state index in [9.17, 15) is 4.79 Å². The average molecular weight is 310 g/mol. The third-order valence-electron chi connectivity index (χ3n) is 2.85. The monoisotopic (exact) mass is 309 g/mol. The third-order valence-corrected chi connectivity index (χ3v) is 3.06. The molecule has 0 saturated carbocycles. The zero-order chi connectivity index (χ0) is 15.4. The van der Waals surface area contributed by atoms with Crippen LogP contribution in [-0.4, -0.2) is 32.5 Å². The summed E-state index contributed by atoms with van der Waals surface area (Å²) in [6.45, 7) is 4.04. The maximum Gasteiger partial charge on any atom is 0.324 e. The van der Waals surface area contributed by atoms with Crippen molar-refractivity contribution >= 4 is 29.1 Å². The Morgan fingerprint density at radius 3 is 2.86 bits per heavy atom. The highest BCUT2D eigenvalue weighted by molar-refractivity contribution is 6.29. The fraction of sp³-hybridized carbons (Fsp3) is 0.308. The molecule has 3 N–H and O–H groups in total. The Balaban J connectivity index is 2.04. The lowest BCUT2D eigenvalue weighted by Crippen LogP contribution is -2.20. The van der Waals surface area contributed by atoms with Crippen molar-refractivity contribution < 1.29 is 9.90 Å². The molecule has 0 aromatic carbocycles. The molecule has 0 saturated heterocycles. The number of nitrogens with one attached hydrogen (secondary N) is 2. The number of carbonyl (C=O) groups is 1. The van der Waals surface area contributed by atoms with Crippen molar-refractivity contribution in [3.63, 3.8) is 0 Å². The normalized spacial score (nSPS) is 10.5. The molecule has 112 valence electrons. The highest BCUT2D eigenvalue weighted by Crippen LogP contribution is 2.18. The molecule has 7 nitrogen and oxygen atoms in total. The van der Waals surface area contributed by atoms with E-state index in [1.54, 1.807) is 23.0 Å². The SMILES string of the molecule is Cc1cnc(Cl)cc1NC(=O)Nc1cc(C)n(CCO)n1. The molecule has 2 rings (SSSR count). The van der Waals surface area contributed by atoms with Gasteiger partial charge in [0.15, 0.2) is 5.82 Å². The molecule has 2 aromatic heterocycles. The molecule has 0 radical (unpaired) electrons. The standard InChI is InChI=1S/C13H16ClN5O2/c1-8-7-15-11(14)6-10(8)16-13(21)17-12-5-9(2)19(18-12)3-4-20/h5-7,20H,3-4H2,1-2H3,(H2,15,16,17,18,21). The summed E-state index contributed by atoms with van der Waals surface area (Å²) < 4.78 is 1.62. The maximum absolute atomic E-state index is 11.9. The number of pyridine rings is 1. The maximum atomic E-state index is 11.9. The molecule has 0 bridgehead atoms. The minimum atomic E-state index is -0.422. The fourth-order valence-electron chi connectivity index (χ4n) is 1.80. The zero-order valence-electron chi connectivity index (χ0n) is 11.7. The van der Waals surface area contributed by atoms with Crippen LogP contribution in [0.3, 0.4) is 0 Å². The summed E-state index contributed by atoms with van der Waals surface area (Å²) in [4.78, 5) is 15.9. The van der Waals surface area contributed by atoms with Gasteiger partial charge >= 0.3 is 6.03 Å². The number of carbonyl (C=O) groups excluding carboxylic acids is 1. The number of anilines is 2. The molecule has 2 amide bonds. The summed E-state index contributed by atoms with van der Waals surface area (Å²) in [5.41, 5.74) is 2.23. The molecule has 0 atom stereocenters. The Kier molecular flexibility index (Phi) is 4.77. The predicted octanol–water partition coefficient (Wildman–Crippen LogP) is 2.18. The molecule has 0 unspecified atom stereocenters. The summed E-state index contributed by atoms with van der Waals surface area (Å²) >= 11 is 5.80. The Hall–Kier alpha value is -2.12. The number of amides is 2. The number of urea groups is 1. The highest BCUT2D eigenvalue weighted by Gasteiger charge is 2.09. The number of nitrogens with zero attached hydrogens (tertiary/aromatic N) is 3. The molecule has 2 aromatic rings. The molecule has 0 aliphatic carbocycles. The van der Waals surface area contributed by atoms with Gasteiger partial charge in [-0.3, -0.25) is 10.00 Å². The molecule has 0 fully saturated rings. The number of aryl methyl sites for hydroxylation is 2. The van der Waals surface area contributed by atoms with Gasteiger partial charge in [0.25, 0.3) is 0 Å². The first kappa shape index (κ1) is 15.3. The highest BCUT2D eigenvalue weighted by atomic mass is 35.5. The average Bonchev–Trinajstić information content (AvgIpc) is 2.74. The summed E-state index contributed by atoms with van der Waals surface area (Å²) in [5.74, 6) is 0.413. The number of aliphatic hydroxyl groups is 1. The molecular weight excluding hydrogens is 294 g/mol. The van der Waals surface area contributed by atoms with Gasteiger partial charge < -0.3 is 10.4 Å². The van der Waals surface area contributed by atoms with Gasteiger partial charge in [0.2, 0.25) is 0 Å². The lowest BCUT2D eigenvalue weighted by molar-refractivity contribution is 0.262. The summed E-state index contributed by atoms with van der Waals surface area (Å²) in [6, 6.07) is 2.88. The van der Waals surface area contributed by atoms with Crippen molar-refractivity contribution in [3.05, 3.63) is 34.7 Å². The second-order valence-electron chi connectivity index (χ2n) is 4.52. The molecule has 0 spiro atoms. The fourth-order valence-corrected chi connectivity index (χ4v) is 1.95. The van der Waals surface area contributed by atoms with Crippen LogP contribution in [0.5, 0.6) is 0 Å². The van der Waals surface area contributed by atoms with Crippen LogP contribution >= 0.6 is 11.6 Å². The van der Waals surface area contributed by atoms with E-state index in [1.165, 1.54) is 0 Å². The van der Waals surface area contributed by atoms with Crippen molar-refractivity contribution in [1.29, 1.82) is 0 Å². The first-order valence-corrected chi connectivity index (χ1v) is 6.73. The van der Waals surface area contributed by atoms with E-state index in [0.717, 1.165) is 11.3 Å². The second kappa shape index (κ2) is 6.55. The Bertz CT molecular complexity index is 656. The predicted molar refractivity (Wildman–Crippen MR) is 80.7 cm³/mol. The van der Waals surface area contributed by atoms with E-state index in [-0.39, 0.29) is 6.61 Å². The first-order valence-electron chi connectivity index (χ1n) is 6.35. The van der Waals surface area contributed by atoms with Crippen LogP contribution in [-0.2, 0) is 6.54 Å². The van der Waals surface area contributed by atoms with Gasteiger partial charge in [0.1, 0.15) is 5.15 Å². The van der Waals surface area contributed by atoms with E-state index in [2.05, 4.69) is 20.7 Å². The van der Waals surface area contributed by atoms with Gasteiger partial charge in [-0.25, -0.2) is 9.78 Å². The van der Waals surface area contributed by atoms with Crippen molar-refractivity contribution in [2.45, 2.75) is 20.4 Å². The lowest BCUT2D eigenvalue weighted by atomic mass is 10.2. The van der Waals surface area contributed by atoms with E-state index in [0.29, 0.717) is 23.2 Å². The quantitative estimate of drug-likeness (QED) is 0.755. The van der Waals surface area contributed by atoms with Gasteiger partial charge in [-0.2, -0.15) is 5.10 Å². The largest absolute Gasteiger partial charge is 0.394 e.